The van der Waals surface area contributed by atoms with Crippen LogP contribution in [0.3, 0.4) is 0 Å². The molecule has 0 spiro atoms. The Kier molecular flexibility index (Phi) is 2.84. The lowest BCUT2D eigenvalue weighted by atomic mass is 10.1. The number of hydrogen-bond acceptors (Lipinski definition) is 2. The molecule has 108 valence electrons. The van der Waals surface area contributed by atoms with Gasteiger partial charge in [-0.2, -0.15) is 0 Å². The van der Waals surface area contributed by atoms with Crippen molar-refractivity contribution >= 4 is 28.6 Å². The molecule has 0 radical (unpaired) electrons. The van der Waals surface area contributed by atoms with Gasteiger partial charge in [-0.05, 0) is 12.1 Å². The maximum atomic E-state index is 11.3. The Labute approximate surface area is 127 Å². The van der Waals surface area contributed by atoms with Gasteiger partial charge in [0.1, 0.15) is 18.4 Å². The van der Waals surface area contributed by atoms with Gasteiger partial charge in [0.25, 0.3) is 0 Å². The van der Waals surface area contributed by atoms with Gasteiger partial charge in [0.2, 0.25) is 0 Å². The maximum absolute atomic E-state index is 11.3. The molecule has 2 aromatic carbocycles. The number of carboxylic acids is 1. The minimum atomic E-state index is -1.14. The standard InChI is InChI=1S/C18H14N2O2/c21-18(22)14-6-2-4-8-17(14)20-10-9-13-12-5-1-3-7-15(12)19-16(13)11-20/h1-10,19H,11H2,(H,21,22). The van der Waals surface area contributed by atoms with Crippen LogP contribution in [0.15, 0.2) is 54.7 Å². The number of aromatic carboxylic acids is 1. The number of aromatic nitrogens is 1. The third kappa shape index (κ3) is 1.93. The van der Waals surface area contributed by atoms with Gasteiger partial charge >= 0.3 is 0 Å². The van der Waals surface area contributed by atoms with E-state index in [0.717, 1.165) is 21.8 Å². The summed E-state index contributed by atoms with van der Waals surface area (Å²) in [6, 6.07) is 15.2. The van der Waals surface area contributed by atoms with Crippen LogP contribution in [0.2, 0.25) is 0 Å². The van der Waals surface area contributed by atoms with Crippen LogP contribution in [0.25, 0.3) is 17.0 Å². The molecule has 4 nitrogen and oxygen atoms in total. The van der Waals surface area contributed by atoms with Gasteiger partial charge in [-0.15, -0.1) is 0 Å². The first-order chi connectivity index (χ1) is 10.7. The molecule has 1 atom stereocenters. The largest absolute Gasteiger partial charge is 0.545 e. The smallest absolute Gasteiger partial charge is 0.145 e. The zero-order chi connectivity index (χ0) is 15.1. The van der Waals surface area contributed by atoms with E-state index in [1.165, 1.54) is 10.9 Å². The highest BCUT2D eigenvalue weighted by molar-refractivity contribution is 5.92. The number of benzene rings is 2. The van der Waals surface area contributed by atoms with Crippen LogP contribution in [-0.2, 0) is 6.54 Å². The van der Waals surface area contributed by atoms with Gasteiger partial charge in [0.15, 0.2) is 0 Å². The maximum Gasteiger partial charge on any atom is 0.145 e. The zero-order valence-corrected chi connectivity index (χ0v) is 11.8. The molecule has 1 aromatic heterocycles. The number of nitrogens with one attached hydrogen (secondary N) is 2. The minimum Gasteiger partial charge on any atom is -0.545 e. The second kappa shape index (κ2) is 4.86. The summed E-state index contributed by atoms with van der Waals surface area (Å²) in [5, 5.41) is 12.5. The number of hydrogen-bond donors (Lipinski definition) is 2. The minimum absolute atomic E-state index is 0.238. The van der Waals surface area contributed by atoms with E-state index in [1.54, 1.807) is 12.1 Å². The van der Waals surface area contributed by atoms with E-state index >= 15 is 0 Å². The highest BCUT2D eigenvalue weighted by Gasteiger charge is 2.22. The second-order valence-corrected chi connectivity index (χ2v) is 5.43. The average Bonchev–Trinajstić information content (AvgIpc) is 2.92. The Bertz CT molecular complexity index is 908. The van der Waals surface area contributed by atoms with Crippen LogP contribution in [-0.4, -0.2) is 11.0 Å². The summed E-state index contributed by atoms with van der Waals surface area (Å²) in [6.45, 7) is 0.685. The topological polar surface area (TPSA) is 60.4 Å². The first kappa shape index (κ1) is 12.9. The summed E-state index contributed by atoms with van der Waals surface area (Å²) in [7, 11) is 0. The lowest BCUT2D eigenvalue weighted by Crippen LogP contribution is -3.01. The van der Waals surface area contributed by atoms with Crippen LogP contribution in [0.4, 0.5) is 5.69 Å². The molecule has 0 amide bonds. The molecule has 4 rings (SSSR count). The lowest BCUT2D eigenvalue weighted by molar-refractivity contribution is -0.791. The summed E-state index contributed by atoms with van der Waals surface area (Å²) in [5.74, 6) is -1.14. The first-order valence-corrected chi connectivity index (χ1v) is 7.18. The third-order valence-corrected chi connectivity index (χ3v) is 4.14. The zero-order valence-electron chi connectivity index (χ0n) is 11.8. The molecule has 3 aromatic rings. The molecule has 0 fully saturated rings. The molecular weight excluding hydrogens is 276 g/mol. The Balaban J connectivity index is 1.79. The third-order valence-electron chi connectivity index (χ3n) is 4.14. The first-order valence-electron chi connectivity index (χ1n) is 7.18. The van der Waals surface area contributed by atoms with Crippen molar-refractivity contribution in [3.8, 4) is 0 Å². The van der Waals surface area contributed by atoms with Crippen molar-refractivity contribution in [2.75, 3.05) is 0 Å². The lowest BCUT2D eigenvalue weighted by Gasteiger charge is -2.20. The molecule has 1 unspecified atom stereocenters. The van der Waals surface area contributed by atoms with E-state index in [0.29, 0.717) is 6.54 Å². The predicted molar refractivity (Wildman–Crippen MR) is 82.4 cm³/mol. The van der Waals surface area contributed by atoms with Crippen LogP contribution in [0.1, 0.15) is 21.6 Å². The fourth-order valence-corrected chi connectivity index (χ4v) is 3.11. The summed E-state index contributed by atoms with van der Waals surface area (Å²) < 4.78 is 0. The number of H-pyrrole nitrogens is 1. The van der Waals surface area contributed by atoms with Gasteiger partial charge in [0.05, 0.1) is 17.2 Å². The fourth-order valence-electron chi connectivity index (χ4n) is 3.11. The number of fused-ring (bicyclic) bond motifs is 3. The van der Waals surface area contributed by atoms with Crippen molar-refractivity contribution in [3.05, 3.63) is 71.6 Å². The summed E-state index contributed by atoms with van der Waals surface area (Å²) >= 11 is 0. The number of carbonyl (C=O) groups is 1. The van der Waals surface area contributed by atoms with Gasteiger partial charge in [-0.3, -0.25) is 4.90 Å². The molecule has 2 heterocycles. The number of para-hydroxylation sites is 2. The summed E-state index contributed by atoms with van der Waals surface area (Å²) in [4.78, 5) is 15.7. The summed E-state index contributed by atoms with van der Waals surface area (Å²) in [6.07, 6.45) is 4.06. The van der Waals surface area contributed by atoms with E-state index in [4.69, 9.17) is 0 Å². The number of carboxylic acid groups (broad SMARTS) is 1. The second-order valence-electron chi connectivity index (χ2n) is 5.43. The number of aromatic amines is 1. The number of quaternary nitrogens is 1. The Morgan fingerprint density at radius 2 is 1.86 bits per heavy atom. The van der Waals surface area contributed by atoms with Crippen LogP contribution >= 0.6 is 0 Å². The van der Waals surface area contributed by atoms with Gasteiger partial charge in [0, 0.05) is 28.6 Å². The Hall–Kier alpha value is -2.85. The normalized spacial score (nSPS) is 16.6. The van der Waals surface area contributed by atoms with Gasteiger partial charge < -0.3 is 14.9 Å². The van der Waals surface area contributed by atoms with Gasteiger partial charge in [-0.1, -0.05) is 30.3 Å². The molecule has 1 aliphatic rings. The van der Waals surface area contributed by atoms with E-state index < -0.39 is 5.97 Å². The molecule has 0 saturated carbocycles. The fraction of sp³-hybridized carbons (Fsp3) is 0.0556. The van der Waals surface area contributed by atoms with E-state index in [-0.39, 0.29) is 5.56 Å². The van der Waals surface area contributed by atoms with Crippen LogP contribution < -0.4 is 10.0 Å². The van der Waals surface area contributed by atoms with E-state index in [1.807, 2.05) is 30.5 Å². The monoisotopic (exact) mass is 290 g/mol. The molecule has 1 aliphatic heterocycles. The molecular formula is C18H14N2O2. The van der Waals surface area contributed by atoms with Crippen LogP contribution in [0, 0.1) is 0 Å². The highest BCUT2D eigenvalue weighted by atomic mass is 16.4. The molecule has 0 saturated heterocycles. The number of rotatable bonds is 2. The van der Waals surface area contributed by atoms with Crippen molar-refractivity contribution in [3.63, 3.8) is 0 Å². The Morgan fingerprint density at radius 3 is 2.73 bits per heavy atom. The van der Waals surface area contributed by atoms with Crippen molar-refractivity contribution in [2.45, 2.75) is 6.54 Å². The molecule has 0 bridgehead atoms. The van der Waals surface area contributed by atoms with Crippen molar-refractivity contribution < 1.29 is 14.8 Å². The number of carbonyl (C=O) groups excluding carboxylic acids is 1. The van der Waals surface area contributed by atoms with Gasteiger partial charge in [-0.25, -0.2) is 0 Å². The molecule has 0 aliphatic carbocycles. The average molecular weight is 290 g/mol. The van der Waals surface area contributed by atoms with Crippen molar-refractivity contribution in [2.24, 2.45) is 0 Å². The van der Waals surface area contributed by atoms with E-state index in [9.17, 15) is 9.90 Å². The SMILES string of the molecule is O=C([O-])c1ccccc1[NH+]1C=Cc2c([nH]c3ccccc23)C1. The predicted octanol–water partition coefficient (Wildman–Crippen LogP) is 1.23. The van der Waals surface area contributed by atoms with E-state index in [2.05, 4.69) is 23.2 Å². The molecule has 2 N–H and O–H groups in total. The van der Waals surface area contributed by atoms with Crippen LogP contribution in [0.5, 0.6) is 0 Å². The summed E-state index contributed by atoms with van der Waals surface area (Å²) in [5.41, 5.74) is 4.37. The Morgan fingerprint density at radius 1 is 1.09 bits per heavy atom. The van der Waals surface area contributed by atoms with Crippen molar-refractivity contribution in [1.82, 2.24) is 4.98 Å². The molecule has 22 heavy (non-hydrogen) atoms. The quantitative estimate of drug-likeness (QED) is 0.746. The van der Waals surface area contributed by atoms with Crippen molar-refractivity contribution in [1.29, 1.82) is 0 Å². The molecule has 4 heteroatoms. The highest BCUT2D eigenvalue weighted by Crippen LogP contribution is 2.25.